The van der Waals surface area contributed by atoms with Crippen LogP contribution in [0, 0.1) is 17.2 Å². The minimum Gasteiger partial charge on any atom is -0.321 e. The molecule has 0 aromatic carbocycles. The molecule has 0 saturated carbocycles. The second-order valence-corrected chi connectivity index (χ2v) is 1.78. The molecular weight excluding hydrogens is 128 g/mol. The predicted octanol–water partition coefficient (Wildman–Crippen LogP) is 0.0390. The lowest BCUT2D eigenvalue weighted by atomic mass is 10.1. The van der Waals surface area contributed by atoms with Gasteiger partial charge in [0.15, 0.2) is 5.84 Å². The van der Waals surface area contributed by atoms with E-state index in [1.54, 1.807) is 12.2 Å². The molecule has 1 aliphatic rings. The van der Waals surface area contributed by atoms with E-state index in [0.717, 1.165) is 0 Å². The van der Waals surface area contributed by atoms with Gasteiger partial charge in [0.2, 0.25) is 0 Å². The molecule has 10 heavy (non-hydrogen) atoms. The number of amidine groups is 1. The Morgan fingerprint density at radius 1 is 1.80 bits per heavy atom. The van der Waals surface area contributed by atoms with Crippen LogP contribution in [0.25, 0.3) is 0 Å². The van der Waals surface area contributed by atoms with Gasteiger partial charge in [-0.2, -0.15) is 10.4 Å². The standard InChI is InChI=1S/C6H6N4/c7-3-5-1-2-6(10-8)9-4-5/h1-2,4-5H,8H2/b10-6-. The molecule has 50 valence electrons. The van der Waals surface area contributed by atoms with E-state index in [9.17, 15) is 0 Å². The molecule has 0 radical (unpaired) electrons. The van der Waals surface area contributed by atoms with Crippen LogP contribution in [-0.4, -0.2) is 12.1 Å². The molecule has 1 unspecified atom stereocenters. The number of dihydropyridines is 1. The van der Waals surface area contributed by atoms with Crippen LogP contribution in [0.1, 0.15) is 0 Å². The van der Waals surface area contributed by atoms with Gasteiger partial charge < -0.3 is 5.84 Å². The monoisotopic (exact) mass is 134 g/mol. The van der Waals surface area contributed by atoms with Crippen molar-refractivity contribution in [3.8, 4) is 6.07 Å². The smallest absolute Gasteiger partial charge is 0.170 e. The summed E-state index contributed by atoms with van der Waals surface area (Å²) < 4.78 is 0. The minimum atomic E-state index is -0.231. The zero-order valence-corrected chi connectivity index (χ0v) is 5.23. The highest BCUT2D eigenvalue weighted by Gasteiger charge is 2.03. The van der Waals surface area contributed by atoms with Crippen LogP contribution < -0.4 is 5.84 Å². The first-order valence-electron chi connectivity index (χ1n) is 2.76. The first-order valence-corrected chi connectivity index (χ1v) is 2.76. The van der Waals surface area contributed by atoms with Gasteiger partial charge in [0, 0.05) is 6.21 Å². The zero-order chi connectivity index (χ0) is 7.40. The van der Waals surface area contributed by atoms with Crippen molar-refractivity contribution in [2.24, 2.45) is 21.9 Å². The summed E-state index contributed by atoms with van der Waals surface area (Å²) in [7, 11) is 0. The molecule has 0 aliphatic carbocycles. The quantitative estimate of drug-likeness (QED) is 0.375. The van der Waals surface area contributed by atoms with Crippen molar-refractivity contribution >= 4 is 12.1 Å². The van der Waals surface area contributed by atoms with Gasteiger partial charge in [0.1, 0.15) is 5.92 Å². The van der Waals surface area contributed by atoms with Crippen LogP contribution in [0.3, 0.4) is 0 Å². The summed E-state index contributed by atoms with van der Waals surface area (Å²) >= 11 is 0. The number of nitrogens with two attached hydrogens (primary N) is 1. The third-order valence-corrected chi connectivity index (χ3v) is 1.10. The van der Waals surface area contributed by atoms with E-state index in [2.05, 4.69) is 10.1 Å². The fourth-order valence-corrected chi connectivity index (χ4v) is 0.592. The Bertz CT molecular complexity index is 227. The van der Waals surface area contributed by atoms with Gasteiger partial charge in [-0.05, 0) is 6.08 Å². The van der Waals surface area contributed by atoms with Crippen LogP contribution in [0.2, 0.25) is 0 Å². The molecule has 4 heteroatoms. The molecule has 0 amide bonds. The Hall–Kier alpha value is -1.63. The van der Waals surface area contributed by atoms with Gasteiger partial charge in [-0.1, -0.05) is 6.08 Å². The molecule has 1 heterocycles. The van der Waals surface area contributed by atoms with Gasteiger partial charge in [0.25, 0.3) is 0 Å². The van der Waals surface area contributed by atoms with Crippen molar-refractivity contribution in [2.45, 2.75) is 0 Å². The molecule has 1 rings (SSSR count). The SMILES string of the molecule is N#CC1C=C/C(=N/N)N=C1. The molecule has 1 aliphatic heterocycles. The largest absolute Gasteiger partial charge is 0.321 e. The number of rotatable bonds is 0. The molecule has 2 N–H and O–H groups in total. The first kappa shape index (κ1) is 6.49. The Balaban J connectivity index is 2.73. The second kappa shape index (κ2) is 2.78. The highest BCUT2D eigenvalue weighted by atomic mass is 15.2. The van der Waals surface area contributed by atoms with E-state index in [4.69, 9.17) is 11.1 Å². The number of hydrogen-bond acceptors (Lipinski definition) is 3. The molecule has 0 spiro atoms. The maximum Gasteiger partial charge on any atom is 0.170 e. The second-order valence-electron chi connectivity index (χ2n) is 1.78. The van der Waals surface area contributed by atoms with Crippen molar-refractivity contribution in [1.82, 2.24) is 0 Å². The number of nitrogens with zero attached hydrogens (tertiary/aromatic N) is 3. The number of hydrazone groups is 1. The summed E-state index contributed by atoms with van der Waals surface area (Å²) in [5.41, 5.74) is 0. The fraction of sp³-hybridized carbons (Fsp3) is 0.167. The van der Waals surface area contributed by atoms with Crippen LogP contribution >= 0.6 is 0 Å². The summed E-state index contributed by atoms with van der Waals surface area (Å²) in [5, 5.41) is 11.7. The van der Waals surface area contributed by atoms with Crippen molar-refractivity contribution in [1.29, 1.82) is 5.26 Å². The van der Waals surface area contributed by atoms with Gasteiger partial charge in [-0.25, -0.2) is 4.99 Å². The molecule has 0 aromatic rings. The Morgan fingerprint density at radius 2 is 2.60 bits per heavy atom. The lowest BCUT2D eigenvalue weighted by Crippen LogP contribution is -2.05. The lowest BCUT2D eigenvalue weighted by Gasteiger charge is -1.99. The lowest BCUT2D eigenvalue weighted by molar-refractivity contribution is 1.15. The van der Waals surface area contributed by atoms with Crippen molar-refractivity contribution in [2.75, 3.05) is 0 Å². The van der Waals surface area contributed by atoms with E-state index < -0.39 is 0 Å². The van der Waals surface area contributed by atoms with Gasteiger partial charge in [0.05, 0.1) is 6.07 Å². The highest BCUT2D eigenvalue weighted by molar-refractivity contribution is 6.01. The van der Waals surface area contributed by atoms with Crippen LogP contribution in [0.5, 0.6) is 0 Å². The van der Waals surface area contributed by atoms with E-state index in [0.29, 0.717) is 5.84 Å². The maximum absolute atomic E-state index is 8.39. The average Bonchev–Trinajstić information content (AvgIpc) is 2.05. The van der Waals surface area contributed by atoms with Crippen molar-refractivity contribution in [3.63, 3.8) is 0 Å². The molecule has 4 nitrogen and oxygen atoms in total. The molecule has 1 atom stereocenters. The number of hydrogen-bond donors (Lipinski definition) is 1. The van der Waals surface area contributed by atoms with E-state index in [-0.39, 0.29) is 5.92 Å². The molecule has 0 fully saturated rings. The topological polar surface area (TPSA) is 74.5 Å². The predicted molar refractivity (Wildman–Crippen MR) is 38.4 cm³/mol. The van der Waals surface area contributed by atoms with Crippen LogP contribution in [-0.2, 0) is 0 Å². The zero-order valence-electron chi connectivity index (χ0n) is 5.23. The molecular formula is C6H6N4. The highest BCUT2D eigenvalue weighted by Crippen LogP contribution is 1.99. The van der Waals surface area contributed by atoms with Crippen molar-refractivity contribution in [3.05, 3.63) is 12.2 Å². The van der Waals surface area contributed by atoms with Gasteiger partial charge in [-0.3, -0.25) is 0 Å². The minimum absolute atomic E-state index is 0.231. The molecule has 0 aromatic heterocycles. The molecule has 0 saturated heterocycles. The third-order valence-electron chi connectivity index (χ3n) is 1.10. The van der Waals surface area contributed by atoms with E-state index >= 15 is 0 Å². The van der Waals surface area contributed by atoms with Gasteiger partial charge in [-0.15, -0.1) is 0 Å². The summed E-state index contributed by atoms with van der Waals surface area (Å²) in [6.07, 6.45) is 4.82. The Labute approximate surface area is 58.4 Å². The van der Waals surface area contributed by atoms with E-state index in [1.807, 2.05) is 6.07 Å². The maximum atomic E-state index is 8.39. The van der Waals surface area contributed by atoms with Crippen molar-refractivity contribution < 1.29 is 0 Å². The summed E-state index contributed by atoms with van der Waals surface area (Å²) in [6, 6.07) is 2.02. The number of aliphatic imine (C=N–C) groups is 1. The first-order chi connectivity index (χ1) is 4.86. The normalized spacial score (nSPS) is 26.7. The number of nitriles is 1. The third kappa shape index (κ3) is 1.20. The molecule has 0 bridgehead atoms. The number of allylic oxidation sites excluding steroid dienone is 1. The average molecular weight is 134 g/mol. The van der Waals surface area contributed by atoms with Crippen LogP contribution in [0.15, 0.2) is 22.2 Å². The fourth-order valence-electron chi connectivity index (χ4n) is 0.592. The van der Waals surface area contributed by atoms with Gasteiger partial charge >= 0.3 is 0 Å². The Morgan fingerprint density at radius 3 is 3.00 bits per heavy atom. The summed E-state index contributed by atoms with van der Waals surface area (Å²) in [6.45, 7) is 0. The summed E-state index contributed by atoms with van der Waals surface area (Å²) in [4.78, 5) is 3.79. The van der Waals surface area contributed by atoms with E-state index in [1.165, 1.54) is 6.21 Å². The summed E-state index contributed by atoms with van der Waals surface area (Å²) in [5.74, 6) is 5.15. The Kier molecular flexibility index (Phi) is 1.80. The van der Waals surface area contributed by atoms with Crippen LogP contribution in [0.4, 0.5) is 0 Å².